The third-order valence-electron chi connectivity index (χ3n) is 2.84. The van der Waals surface area contributed by atoms with E-state index in [-0.39, 0.29) is 17.9 Å². The molecule has 1 rings (SSSR count). The Kier molecular flexibility index (Phi) is 6.45. The van der Waals surface area contributed by atoms with Crippen LogP contribution in [0.5, 0.6) is 0 Å². The standard InChI is InChI=1S/C13H19ClN2O3S/c1-16(10-11-4-2-3-5-12(11)14)7-9-20(18,19)8-6-13(15)17/h2-5H,6-10H2,1H3,(H2,15,17). The molecule has 112 valence electrons. The Morgan fingerprint density at radius 2 is 1.95 bits per heavy atom. The van der Waals surface area contributed by atoms with E-state index in [1.165, 1.54) is 0 Å². The van der Waals surface area contributed by atoms with Crippen LogP contribution in [0, 0.1) is 0 Å². The lowest BCUT2D eigenvalue weighted by atomic mass is 10.2. The lowest BCUT2D eigenvalue weighted by Crippen LogP contribution is -2.27. The van der Waals surface area contributed by atoms with Crippen molar-refractivity contribution in [1.82, 2.24) is 4.90 Å². The average molecular weight is 319 g/mol. The molecule has 0 radical (unpaired) electrons. The quantitative estimate of drug-likeness (QED) is 0.777. The normalized spacial score (nSPS) is 11.8. The Morgan fingerprint density at radius 3 is 2.55 bits per heavy atom. The molecule has 0 spiro atoms. The van der Waals surface area contributed by atoms with Gasteiger partial charge in [0.2, 0.25) is 5.91 Å². The maximum Gasteiger partial charge on any atom is 0.218 e. The number of nitrogens with two attached hydrogens (primary N) is 1. The third kappa shape index (κ3) is 6.36. The molecule has 5 nitrogen and oxygen atoms in total. The van der Waals surface area contributed by atoms with Gasteiger partial charge >= 0.3 is 0 Å². The van der Waals surface area contributed by atoms with Gasteiger partial charge < -0.3 is 10.6 Å². The van der Waals surface area contributed by atoms with E-state index in [9.17, 15) is 13.2 Å². The Morgan fingerprint density at radius 1 is 1.30 bits per heavy atom. The molecule has 0 fully saturated rings. The van der Waals surface area contributed by atoms with Crippen molar-refractivity contribution in [2.45, 2.75) is 13.0 Å². The van der Waals surface area contributed by atoms with Crippen LogP contribution < -0.4 is 5.73 Å². The monoisotopic (exact) mass is 318 g/mol. The molecule has 1 aromatic carbocycles. The molecule has 0 saturated carbocycles. The van der Waals surface area contributed by atoms with Crippen LogP contribution in [0.1, 0.15) is 12.0 Å². The van der Waals surface area contributed by atoms with Gasteiger partial charge in [-0.25, -0.2) is 8.42 Å². The number of carbonyl (C=O) groups is 1. The summed E-state index contributed by atoms with van der Waals surface area (Å²) in [7, 11) is -1.42. The number of halogens is 1. The van der Waals surface area contributed by atoms with Gasteiger partial charge in [0.15, 0.2) is 9.84 Å². The smallest absolute Gasteiger partial charge is 0.218 e. The molecule has 0 unspecified atom stereocenters. The van der Waals surface area contributed by atoms with Gasteiger partial charge in [-0.3, -0.25) is 4.79 Å². The zero-order valence-corrected chi connectivity index (χ0v) is 13.0. The van der Waals surface area contributed by atoms with Gasteiger partial charge in [0.1, 0.15) is 0 Å². The first-order valence-corrected chi connectivity index (χ1v) is 8.41. The largest absolute Gasteiger partial charge is 0.370 e. The highest BCUT2D eigenvalue weighted by Gasteiger charge is 2.14. The molecule has 1 amide bonds. The summed E-state index contributed by atoms with van der Waals surface area (Å²) in [6, 6.07) is 7.44. The molecule has 1 aromatic rings. The van der Waals surface area contributed by atoms with Gasteiger partial charge in [-0.2, -0.15) is 0 Å². The number of benzene rings is 1. The van der Waals surface area contributed by atoms with Gasteiger partial charge in [-0.05, 0) is 18.7 Å². The molecule has 20 heavy (non-hydrogen) atoms. The Balaban J connectivity index is 2.45. The maximum absolute atomic E-state index is 11.7. The zero-order valence-electron chi connectivity index (χ0n) is 11.4. The van der Waals surface area contributed by atoms with E-state index in [2.05, 4.69) is 0 Å². The fourth-order valence-corrected chi connectivity index (χ4v) is 3.15. The number of amides is 1. The van der Waals surface area contributed by atoms with Crippen molar-refractivity contribution in [3.05, 3.63) is 34.9 Å². The molecular weight excluding hydrogens is 300 g/mol. The van der Waals surface area contributed by atoms with E-state index in [1.807, 2.05) is 30.1 Å². The summed E-state index contributed by atoms with van der Waals surface area (Å²) in [5.74, 6) is -0.790. The number of hydrogen-bond donors (Lipinski definition) is 1. The minimum absolute atomic E-state index is 0.00122. The fourth-order valence-electron chi connectivity index (χ4n) is 1.65. The van der Waals surface area contributed by atoms with Crippen LogP contribution in [0.3, 0.4) is 0 Å². The molecule has 0 saturated heterocycles. The van der Waals surface area contributed by atoms with E-state index in [0.717, 1.165) is 5.56 Å². The Bertz CT molecular complexity index is 560. The Labute approximate surface area is 124 Å². The molecule has 7 heteroatoms. The first-order valence-electron chi connectivity index (χ1n) is 6.21. The molecular formula is C13H19ClN2O3S. The highest BCUT2D eigenvalue weighted by Crippen LogP contribution is 2.16. The average Bonchev–Trinajstić information content (AvgIpc) is 2.37. The van der Waals surface area contributed by atoms with Gasteiger partial charge in [0.25, 0.3) is 0 Å². The number of carbonyl (C=O) groups excluding carboxylic acids is 1. The molecule has 0 aromatic heterocycles. The minimum atomic E-state index is -3.25. The molecule has 0 atom stereocenters. The van der Waals surface area contributed by atoms with Crippen molar-refractivity contribution >= 4 is 27.3 Å². The number of hydrogen-bond acceptors (Lipinski definition) is 4. The summed E-state index contributed by atoms with van der Waals surface area (Å²) < 4.78 is 23.4. The van der Waals surface area contributed by atoms with E-state index in [0.29, 0.717) is 18.1 Å². The van der Waals surface area contributed by atoms with E-state index in [1.54, 1.807) is 6.07 Å². The van der Waals surface area contributed by atoms with Crippen molar-refractivity contribution in [2.24, 2.45) is 5.73 Å². The van der Waals surface area contributed by atoms with Gasteiger partial charge in [0, 0.05) is 24.5 Å². The Hall–Kier alpha value is -1.11. The molecule has 0 aliphatic carbocycles. The van der Waals surface area contributed by atoms with Crippen molar-refractivity contribution in [3.63, 3.8) is 0 Å². The lowest BCUT2D eigenvalue weighted by Gasteiger charge is -2.17. The maximum atomic E-state index is 11.7. The molecule has 0 heterocycles. The highest BCUT2D eigenvalue weighted by atomic mass is 35.5. The summed E-state index contributed by atoms with van der Waals surface area (Å²) in [5.41, 5.74) is 5.90. The van der Waals surface area contributed by atoms with Crippen LogP contribution in [0.4, 0.5) is 0 Å². The van der Waals surface area contributed by atoms with Crippen LogP contribution in [-0.2, 0) is 21.2 Å². The first kappa shape index (κ1) is 16.9. The second-order valence-corrected chi connectivity index (χ2v) is 7.41. The van der Waals surface area contributed by atoms with Crippen molar-refractivity contribution < 1.29 is 13.2 Å². The van der Waals surface area contributed by atoms with E-state index >= 15 is 0 Å². The second-order valence-electron chi connectivity index (χ2n) is 4.70. The summed E-state index contributed by atoms with van der Waals surface area (Å²) in [6.45, 7) is 0.956. The van der Waals surface area contributed by atoms with Crippen LogP contribution in [0.2, 0.25) is 5.02 Å². The summed E-state index contributed by atoms with van der Waals surface area (Å²) in [5, 5.41) is 0.663. The molecule has 2 N–H and O–H groups in total. The van der Waals surface area contributed by atoms with Gasteiger partial charge in [-0.1, -0.05) is 29.8 Å². The fraction of sp³-hybridized carbons (Fsp3) is 0.462. The first-order chi connectivity index (χ1) is 9.30. The van der Waals surface area contributed by atoms with Crippen molar-refractivity contribution in [2.75, 3.05) is 25.1 Å². The highest BCUT2D eigenvalue weighted by molar-refractivity contribution is 7.91. The third-order valence-corrected chi connectivity index (χ3v) is 4.84. The molecule has 0 aliphatic rings. The molecule has 0 aliphatic heterocycles. The van der Waals surface area contributed by atoms with E-state index < -0.39 is 15.7 Å². The summed E-state index contributed by atoms with van der Waals surface area (Å²) >= 11 is 6.05. The van der Waals surface area contributed by atoms with Gasteiger partial charge in [-0.15, -0.1) is 0 Å². The zero-order chi connectivity index (χ0) is 15.2. The van der Waals surface area contributed by atoms with Crippen molar-refractivity contribution in [1.29, 1.82) is 0 Å². The second kappa shape index (κ2) is 7.61. The minimum Gasteiger partial charge on any atom is -0.370 e. The number of nitrogens with zero attached hydrogens (tertiary/aromatic N) is 1. The van der Waals surface area contributed by atoms with Gasteiger partial charge in [0.05, 0.1) is 11.5 Å². The summed E-state index contributed by atoms with van der Waals surface area (Å²) in [6.07, 6.45) is -0.128. The topological polar surface area (TPSA) is 80.5 Å². The number of sulfone groups is 1. The SMILES string of the molecule is CN(CCS(=O)(=O)CCC(N)=O)Cc1ccccc1Cl. The lowest BCUT2D eigenvalue weighted by molar-refractivity contribution is -0.117. The van der Waals surface area contributed by atoms with Crippen molar-refractivity contribution in [3.8, 4) is 0 Å². The van der Waals surface area contributed by atoms with Crippen LogP contribution in [0.25, 0.3) is 0 Å². The van der Waals surface area contributed by atoms with Crippen LogP contribution >= 0.6 is 11.6 Å². The predicted octanol–water partition coefficient (Wildman–Crippen LogP) is 1.06. The van der Waals surface area contributed by atoms with Crippen LogP contribution in [0.15, 0.2) is 24.3 Å². The van der Waals surface area contributed by atoms with E-state index in [4.69, 9.17) is 17.3 Å². The van der Waals surface area contributed by atoms with Crippen LogP contribution in [-0.4, -0.2) is 44.3 Å². The molecule has 0 bridgehead atoms. The number of primary amides is 1. The number of rotatable bonds is 8. The summed E-state index contributed by atoms with van der Waals surface area (Å²) in [4.78, 5) is 12.5. The predicted molar refractivity (Wildman–Crippen MR) is 80.3 cm³/mol.